The van der Waals surface area contributed by atoms with Gasteiger partial charge in [-0.1, -0.05) is 0 Å². The number of hydrogen-bond donors (Lipinski definition) is 1. The number of nitro groups is 1. The molecule has 0 aliphatic heterocycles. The molecule has 1 aromatic rings. The summed E-state index contributed by atoms with van der Waals surface area (Å²) in [6, 6.07) is 1.84. The van der Waals surface area contributed by atoms with Crippen LogP contribution in [-0.2, 0) is 4.79 Å². The Morgan fingerprint density at radius 1 is 1.57 bits per heavy atom. The predicted molar refractivity (Wildman–Crippen MR) is 47.5 cm³/mol. The normalized spacial score (nSPS) is 9.57. The first-order valence-corrected chi connectivity index (χ1v) is 3.71. The molecule has 1 rings (SSSR count). The van der Waals surface area contributed by atoms with E-state index in [0.29, 0.717) is 6.41 Å². The minimum absolute atomic E-state index is 0.103. The predicted octanol–water partition coefficient (Wildman–Crippen LogP) is 1.61. The van der Waals surface area contributed by atoms with Gasteiger partial charge in [-0.05, 0) is 13.0 Å². The van der Waals surface area contributed by atoms with Crippen LogP contribution in [0.1, 0.15) is 5.56 Å². The summed E-state index contributed by atoms with van der Waals surface area (Å²) in [5.41, 5.74) is -0.0236. The fourth-order valence-electron chi connectivity index (χ4n) is 1.07. The van der Waals surface area contributed by atoms with E-state index in [1.807, 2.05) is 0 Å². The summed E-state index contributed by atoms with van der Waals surface area (Å²) in [7, 11) is 0. The van der Waals surface area contributed by atoms with E-state index in [-0.39, 0.29) is 16.9 Å². The molecule has 0 unspecified atom stereocenters. The lowest BCUT2D eigenvalue weighted by molar-refractivity contribution is -0.385. The zero-order chi connectivity index (χ0) is 10.7. The molecule has 0 atom stereocenters. The number of amides is 1. The minimum atomic E-state index is -0.758. The first kappa shape index (κ1) is 10.1. The van der Waals surface area contributed by atoms with E-state index in [4.69, 9.17) is 0 Å². The molecule has 0 spiro atoms. The van der Waals surface area contributed by atoms with Crippen LogP contribution in [0.15, 0.2) is 12.1 Å². The highest BCUT2D eigenvalue weighted by Gasteiger charge is 2.15. The number of carbonyl (C=O) groups excluding carboxylic acids is 1. The van der Waals surface area contributed by atoms with E-state index in [2.05, 4.69) is 5.32 Å². The summed E-state index contributed by atoms with van der Waals surface area (Å²) in [6.45, 7) is 1.43. The maximum atomic E-state index is 12.8. The Morgan fingerprint density at radius 3 is 2.71 bits per heavy atom. The Balaban J connectivity index is 3.31. The zero-order valence-corrected chi connectivity index (χ0v) is 7.28. The topological polar surface area (TPSA) is 72.2 Å². The maximum Gasteiger partial charge on any atom is 0.277 e. The van der Waals surface area contributed by atoms with E-state index in [0.717, 1.165) is 12.1 Å². The molecule has 0 radical (unpaired) electrons. The number of nitrogens with one attached hydrogen (secondary N) is 1. The third-order valence-corrected chi connectivity index (χ3v) is 1.76. The van der Waals surface area contributed by atoms with Crippen LogP contribution in [0.5, 0.6) is 0 Å². The highest BCUT2D eigenvalue weighted by atomic mass is 19.1. The van der Waals surface area contributed by atoms with Crippen LogP contribution in [0.3, 0.4) is 0 Å². The quantitative estimate of drug-likeness (QED) is 0.455. The average molecular weight is 198 g/mol. The average Bonchev–Trinajstić information content (AvgIpc) is 2.10. The first-order chi connectivity index (χ1) is 6.56. The van der Waals surface area contributed by atoms with Gasteiger partial charge in [-0.25, -0.2) is 4.39 Å². The summed E-state index contributed by atoms with van der Waals surface area (Å²) in [4.78, 5) is 19.9. The van der Waals surface area contributed by atoms with Crippen LogP contribution < -0.4 is 5.32 Å². The number of benzene rings is 1. The third kappa shape index (κ3) is 1.85. The molecular weight excluding hydrogens is 191 g/mol. The van der Waals surface area contributed by atoms with Crippen molar-refractivity contribution in [3.8, 4) is 0 Å². The highest BCUT2D eigenvalue weighted by molar-refractivity contribution is 5.75. The Labute approximate surface area is 78.7 Å². The van der Waals surface area contributed by atoms with Crippen LogP contribution in [0.25, 0.3) is 0 Å². The van der Waals surface area contributed by atoms with Gasteiger partial charge >= 0.3 is 0 Å². The van der Waals surface area contributed by atoms with Crippen molar-refractivity contribution in [2.24, 2.45) is 0 Å². The van der Waals surface area contributed by atoms with Gasteiger partial charge in [0.1, 0.15) is 5.82 Å². The molecule has 0 aliphatic rings. The van der Waals surface area contributed by atoms with Crippen molar-refractivity contribution >= 4 is 17.8 Å². The molecule has 5 nitrogen and oxygen atoms in total. The van der Waals surface area contributed by atoms with Gasteiger partial charge in [0.25, 0.3) is 5.69 Å². The van der Waals surface area contributed by atoms with E-state index in [1.165, 1.54) is 6.92 Å². The second-order valence-electron chi connectivity index (χ2n) is 2.62. The van der Waals surface area contributed by atoms with E-state index >= 15 is 0 Å². The molecule has 0 aromatic heterocycles. The molecule has 1 N–H and O–H groups in total. The molecule has 74 valence electrons. The van der Waals surface area contributed by atoms with Gasteiger partial charge in [0.2, 0.25) is 6.41 Å². The molecule has 1 amide bonds. The van der Waals surface area contributed by atoms with E-state index in [1.54, 1.807) is 0 Å². The van der Waals surface area contributed by atoms with E-state index in [9.17, 15) is 19.3 Å². The number of halogens is 1. The number of nitro benzene ring substituents is 1. The molecule has 0 fully saturated rings. The van der Waals surface area contributed by atoms with Gasteiger partial charge in [0, 0.05) is 0 Å². The second-order valence-corrected chi connectivity index (χ2v) is 2.62. The van der Waals surface area contributed by atoms with Crippen molar-refractivity contribution in [3.05, 3.63) is 33.6 Å². The number of hydrogen-bond acceptors (Lipinski definition) is 3. The maximum absolute atomic E-state index is 12.8. The molecule has 0 saturated carbocycles. The van der Waals surface area contributed by atoms with Crippen molar-refractivity contribution < 1.29 is 14.1 Å². The molecule has 0 bridgehead atoms. The fourth-order valence-corrected chi connectivity index (χ4v) is 1.07. The summed E-state index contributed by atoms with van der Waals surface area (Å²) >= 11 is 0. The van der Waals surface area contributed by atoms with Gasteiger partial charge in [-0.3, -0.25) is 14.9 Å². The molecule has 0 heterocycles. The summed E-state index contributed by atoms with van der Waals surface area (Å²) in [5.74, 6) is -0.758. The Bertz CT molecular complexity index is 392. The first-order valence-electron chi connectivity index (χ1n) is 3.71. The summed E-state index contributed by atoms with van der Waals surface area (Å²) < 4.78 is 12.8. The zero-order valence-electron chi connectivity index (χ0n) is 7.28. The summed E-state index contributed by atoms with van der Waals surface area (Å²) in [6.07, 6.45) is 0.339. The van der Waals surface area contributed by atoms with Crippen molar-refractivity contribution in [1.82, 2.24) is 0 Å². The van der Waals surface area contributed by atoms with Crippen molar-refractivity contribution in [2.75, 3.05) is 5.32 Å². The lowest BCUT2D eigenvalue weighted by Crippen LogP contribution is -2.01. The lowest BCUT2D eigenvalue weighted by Gasteiger charge is -2.04. The minimum Gasteiger partial charge on any atom is -0.328 e. The van der Waals surface area contributed by atoms with Crippen LogP contribution in [-0.4, -0.2) is 11.3 Å². The lowest BCUT2D eigenvalue weighted by atomic mass is 10.1. The smallest absolute Gasteiger partial charge is 0.277 e. The standard InChI is InChI=1S/C8H7FN2O3/c1-5-7(10-4-12)2-6(9)3-8(5)11(13)14/h2-4H,1H3,(H,10,12). The van der Waals surface area contributed by atoms with Crippen LogP contribution in [0, 0.1) is 22.9 Å². The van der Waals surface area contributed by atoms with Gasteiger partial charge in [-0.15, -0.1) is 0 Å². The Kier molecular flexibility index (Phi) is 2.76. The second kappa shape index (κ2) is 3.82. The summed E-state index contributed by atoms with van der Waals surface area (Å²) in [5, 5.41) is 12.6. The molecular formula is C8H7FN2O3. The van der Waals surface area contributed by atoms with Crippen molar-refractivity contribution in [3.63, 3.8) is 0 Å². The molecule has 0 saturated heterocycles. The number of anilines is 1. The number of rotatable bonds is 3. The Morgan fingerprint density at radius 2 is 2.21 bits per heavy atom. The molecule has 6 heteroatoms. The van der Waals surface area contributed by atoms with Gasteiger partial charge < -0.3 is 5.32 Å². The number of carbonyl (C=O) groups is 1. The van der Waals surface area contributed by atoms with Crippen molar-refractivity contribution in [1.29, 1.82) is 0 Å². The van der Waals surface area contributed by atoms with Gasteiger partial charge in [0.15, 0.2) is 0 Å². The Hall–Kier alpha value is -1.98. The molecule has 1 aromatic carbocycles. The largest absolute Gasteiger partial charge is 0.328 e. The van der Waals surface area contributed by atoms with Crippen molar-refractivity contribution in [2.45, 2.75) is 6.92 Å². The van der Waals surface area contributed by atoms with Crippen LogP contribution in [0.2, 0.25) is 0 Å². The molecule has 14 heavy (non-hydrogen) atoms. The van der Waals surface area contributed by atoms with Gasteiger partial charge in [-0.2, -0.15) is 0 Å². The third-order valence-electron chi connectivity index (χ3n) is 1.76. The monoisotopic (exact) mass is 198 g/mol. The molecule has 0 aliphatic carbocycles. The SMILES string of the molecule is Cc1c(NC=O)cc(F)cc1[N+](=O)[O-]. The van der Waals surface area contributed by atoms with Crippen LogP contribution in [0.4, 0.5) is 15.8 Å². The highest BCUT2D eigenvalue weighted by Crippen LogP contribution is 2.26. The fraction of sp³-hybridized carbons (Fsp3) is 0.125. The van der Waals surface area contributed by atoms with Gasteiger partial charge in [0.05, 0.1) is 22.2 Å². The van der Waals surface area contributed by atoms with E-state index < -0.39 is 10.7 Å². The number of nitrogens with zero attached hydrogens (tertiary/aromatic N) is 1. The van der Waals surface area contributed by atoms with Crippen LogP contribution >= 0.6 is 0 Å².